The Morgan fingerprint density at radius 3 is 2.52 bits per heavy atom. The van der Waals surface area contributed by atoms with Crippen LogP contribution < -0.4 is 0 Å². The van der Waals surface area contributed by atoms with Gasteiger partial charge in [0.2, 0.25) is 0 Å². The topological polar surface area (TPSA) is 29.5 Å². The summed E-state index contributed by atoms with van der Waals surface area (Å²) in [4.78, 5) is 0. The zero-order valence-electron chi connectivity index (χ0n) is 14.3. The van der Waals surface area contributed by atoms with Gasteiger partial charge in [-0.1, -0.05) is 43.2 Å². The van der Waals surface area contributed by atoms with Crippen molar-refractivity contribution in [2.24, 2.45) is 0 Å². The Bertz CT molecular complexity index is 644. The van der Waals surface area contributed by atoms with Crippen LogP contribution >= 0.6 is 0 Å². The van der Waals surface area contributed by atoms with Gasteiger partial charge >= 0.3 is 7.12 Å². The monoisotopic (exact) mass is 314 g/mol. The van der Waals surface area contributed by atoms with E-state index in [2.05, 4.69) is 26.0 Å². The molecule has 1 aliphatic rings. The lowest BCUT2D eigenvalue weighted by Crippen LogP contribution is -2.17. The Kier molecular flexibility index (Phi) is 5.97. The first-order chi connectivity index (χ1) is 10.9. The summed E-state index contributed by atoms with van der Waals surface area (Å²) < 4.78 is 18.7. The summed E-state index contributed by atoms with van der Waals surface area (Å²) >= 11 is 0. The second-order valence-corrected chi connectivity index (χ2v) is 6.08. The summed E-state index contributed by atoms with van der Waals surface area (Å²) in [5, 5.41) is 10.2. The molecule has 0 radical (unpaired) electrons. The van der Waals surface area contributed by atoms with E-state index < -0.39 is 7.12 Å². The van der Waals surface area contributed by atoms with Crippen molar-refractivity contribution in [3.05, 3.63) is 64.5 Å². The normalized spacial score (nSPS) is 19.7. The summed E-state index contributed by atoms with van der Waals surface area (Å²) in [5.41, 5.74) is 4.88. The Labute approximate surface area is 138 Å². The maximum Gasteiger partial charge on any atom is 0.492 e. The average Bonchev–Trinajstić information content (AvgIpc) is 2.80. The quantitative estimate of drug-likeness (QED) is 0.630. The van der Waals surface area contributed by atoms with Crippen LogP contribution in [0.1, 0.15) is 46.1 Å². The molecule has 1 heterocycles. The third-order valence-electron chi connectivity index (χ3n) is 4.12. The van der Waals surface area contributed by atoms with E-state index in [1.165, 1.54) is 17.7 Å². The van der Waals surface area contributed by atoms with Crippen molar-refractivity contribution in [1.29, 1.82) is 0 Å². The molecule has 1 aliphatic heterocycles. The summed E-state index contributed by atoms with van der Waals surface area (Å²) in [5.74, 6) is -0.289. The lowest BCUT2D eigenvalue weighted by atomic mass is 9.73. The van der Waals surface area contributed by atoms with Gasteiger partial charge in [-0.15, -0.1) is 0 Å². The molecule has 0 bridgehead atoms. The van der Waals surface area contributed by atoms with E-state index in [0.717, 1.165) is 35.0 Å². The third kappa shape index (κ3) is 4.21. The first-order valence-corrected chi connectivity index (χ1v) is 8.12. The van der Waals surface area contributed by atoms with E-state index in [4.69, 9.17) is 4.65 Å². The number of halogens is 1. The molecule has 0 fully saturated rings. The van der Waals surface area contributed by atoms with Crippen molar-refractivity contribution in [1.82, 2.24) is 0 Å². The first kappa shape index (κ1) is 17.7. The molecule has 2 rings (SSSR count). The van der Waals surface area contributed by atoms with Crippen molar-refractivity contribution >= 4 is 12.6 Å². The Balaban J connectivity index is 2.43. The summed E-state index contributed by atoms with van der Waals surface area (Å²) in [6.45, 7) is 8.22. The number of hydrogen-bond donors (Lipinski definition) is 1. The number of benzene rings is 1. The lowest BCUT2D eigenvalue weighted by Gasteiger charge is -2.11. The predicted octanol–water partition coefficient (Wildman–Crippen LogP) is 4.71. The van der Waals surface area contributed by atoms with Crippen molar-refractivity contribution in [2.75, 3.05) is 0 Å². The molecule has 0 spiro atoms. The van der Waals surface area contributed by atoms with Crippen LogP contribution in [0.3, 0.4) is 0 Å². The zero-order chi connectivity index (χ0) is 17.0. The molecule has 1 atom stereocenters. The molecule has 0 saturated carbocycles. The molecule has 0 aromatic heterocycles. The van der Waals surface area contributed by atoms with E-state index >= 15 is 0 Å². The minimum atomic E-state index is -0.977. The van der Waals surface area contributed by atoms with Crippen molar-refractivity contribution in [3.8, 4) is 0 Å². The van der Waals surface area contributed by atoms with Gasteiger partial charge in [-0.05, 0) is 61.5 Å². The van der Waals surface area contributed by atoms with Gasteiger partial charge in [0.05, 0.1) is 6.10 Å². The fourth-order valence-electron chi connectivity index (χ4n) is 2.98. The van der Waals surface area contributed by atoms with E-state index in [9.17, 15) is 9.41 Å². The largest absolute Gasteiger partial charge is 0.492 e. The van der Waals surface area contributed by atoms with E-state index in [-0.39, 0.29) is 11.9 Å². The average molecular weight is 314 g/mol. The second kappa shape index (κ2) is 7.76. The minimum Gasteiger partial charge on any atom is -0.423 e. The second-order valence-electron chi connectivity index (χ2n) is 6.08. The molecular weight excluding hydrogens is 290 g/mol. The molecule has 0 amide bonds. The molecule has 2 nitrogen and oxygen atoms in total. The molecule has 1 aromatic rings. The third-order valence-corrected chi connectivity index (χ3v) is 4.12. The molecule has 1 unspecified atom stereocenters. The highest BCUT2D eigenvalue weighted by Crippen LogP contribution is 2.35. The summed E-state index contributed by atoms with van der Waals surface area (Å²) in [6, 6.07) is 6.17. The maximum atomic E-state index is 13.2. The van der Waals surface area contributed by atoms with E-state index in [1.54, 1.807) is 12.1 Å². The smallest absolute Gasteiger partial charge is 0.423 e. The molecule has 4 heteroatoms. The number of allylic oxidation sites excluding steroid dienone is 3. The minimum absolute atomic E-state index is 0.193. The lowest BCUT2D eigenvalue weighted by molar-refractivity contribution is 0.236. The Hall–Kier alpha value is -1.65. The number of rotatable bonds is 5. The predicted molar refractivity (Wildman–Crippen MR) is 94.3 cm³/mol. The van der Waals surface area contributed by atoms with Crippen molar-refractivity contribution < 1.29 is 14.1 Å². The molecule has 122 valence electrons. The molecule has 23 heavy (non-hydrogen) atoms. The summed E-state index contributed by atoms with van der Waals surface area (Å²) in [7, 11) is -0.977. The molecule has 0 aliphatic carbocycles. The Morgan fingerprint density at radius 1 is 1.26 bits per heavy atom. The fraction of sp³-hybridized carbons (Fsp3) is 0.368. The fourth-order valence-corrected chi connectivity index (χ4v) is 2.98. The molecular formula is C19H24BFO2. The van der Waals surface area contributed by atoms with Crippen LogP contribution in [0.5, 0.6) is 0 Å². The van der Waals surface area contributed by atoms with Crippen LogP contribution in [-0.4, -0.2) is 18.2 Å². The highest BCUT2D eigenvalue weighted by molar-refractivity contribution is 6.68. The molecule has 0 saturated heterocycles. The van der Waals surface area contributed by atoms with Gasteiger partial charge in [0.15, 0.2) is 0 Å². The van der Waals surface area contributed by atoms with Gasteiger partial charge in [-0.3, -0.25) is 0 Å². The SMILES string of the molecule is CCCC(C)=CC=C(C)C1=C(c2ccc(F)cc2)B(O)OC1C. The van der Waals surface area contributed by atoms with Crippen molar-refractivity contribution in [3.63, 3.8) is 0 Å². The zero-order valence-corrected chi connectivity index (χ0v) is 14.3. The van der Waals surface area contributed by atoms with Gasteiger partial charge in [-0.2, -0.15) is 0 Å². The Morgan fingerprint density at radius 2 is 1.91 bits per heavy atom. The highest BCUT2D eigenvalue weighted by Gasteiger charge is 2.36. The van der Waals surface area contributed by atoms with Gasteiger partial charge < -0.3 is 9.68 Å². The van der Waals surface area contributed by atoms with E-state index in [1.807, 2.05) is 13.8 Å². The highest BCUT2D eigenvalue weighted by atomic mass is 19.1. The van der Waals surface area contributed by atoms with Gasteiger partial charge in [0.1, 0.15) is 5.82 Å². The van der Waals surface area contributed by atoms with Crippen LogP contribution in [-0.2, 0) is 4.65 Å². The van der Waals surface area contributed by atoms with Gasteiger partial charge in [-0.25, -0.2) is 4.39 Å². The van der Waals surface area contributed by atoms with E-state index in [0.29, 0.717) is 0 Å². The summed E-state index contributed by atoms with van der Waals surface area (Å²) in [6.07, 6.45) is 6.19. The van der Waals surface area contributed by atoms with Crippen LogP contribution in [0.2, 0.25) is 0 Å². The van der Waals surface area contributed by atoms with Crippen LogP contribution in [0.25, 0.3) is 5.47 Å². The molecule has 1 N–H and O–H groups in total. The van der Waals surface area contributed by atoms with Crippen LogP contribution in [0, 0.1) is 5.82 Å². The standard InChI is InChI=1S/C19H24BFO2/c1-5-6-13(2)7-8-14(3)18-15(4)23-20(22)19(18)16-9-11-17(21)12-10-16/h7-12,15,22H,5-6H2,1-4H3. The van der Waals surface area contributed by atoms with Crippen LogP contribution in [0.4, 0.5) is 4.39 Å². The number of hydrogen-bond acceptors (Lipinski definition) is 2. The van der Waals surface area contributed by atoms with Gasteiger partial charge in [0.25, 0.3) is 0 Å². The van der Waals surface area contributed by atoms with Crippen molar-refractivity contribution in [2.45, 2.75) is 46.6 Å². The first-order valence-electron chi connectivity index (χ1n) is 8.12. The maximum absolute atomic E-state index is 13.2. The van der Waals surface area contributed by atoms with Crippen LogP contribution in [0.15, 0.2) is 53.1 Å². The molecule has 1 aromatic carbocycles. The van der Waals surface area contributed by atoms with Gasteiger partial charge in [0, 0.05) is 0 Å².